The van der Waals surface area contributed by atoms with Gasteiger partial charge < -0.3 is 10.6 Å². The highest BCUT2D eigenvalue weighted by Crippen LogP contribution is 2.07. The van der Waals surface area contributed by atoms with Gasteiger partial charge in [-0.15, -0.1) is 0 Å². The summed E-state index contributed by atoms with van der Waals surface area (Å²) in [4.78, 5) is 0. The highest BCUT2D eigenvalue weighted by molar-refractivity contribution is 7.80. The van der Waals surface area contributed by atoms with Crippen molar-refractivity contribution in [2.75, 3.05) is 13.1 Å². The van der Waals surface area contributed by atoms with Gasteiger partial charge in [-0.25, -0.2) is 0 Å². The van der Waals surface area contributed by atoms with Crippen LogP contribution < -0.4 is 10.6 Å². The van der Waals surface area contributed by atoms with E-state index in [4.69, 9.17) is 12.2 Å². The normalized spacial score (nSPS) is 12.8. The Morgan fingerprint density at radius 3 is 2.25 bits per heavy atom. The molecule has 0 aromatic carbocycles. The van der Waals surface area contributed by atoms with Crippen LogP contribution in [0, 0.1) is 11.8 Å². The number of hydrogen-bond acceptors (Lipinski definition) is 1. The van der Waals surface area contributed by atoms with Gasteiger partial charge in [-0.05, 0) is 31.0 Å². The summed E-state index contributed by atoms with van der Waals surface area (Å²) in [6, 6.07) is 0. The van der Waals surface area contributed by atoms with Crippen LogP contribution in [0.3, 0.4) is 0 Å². The molecule has 0 heterocycles. The van der Waals surface area contributed by atoms with Crippen molar-refractivity contribution in [3.63, 3.8) is 0 Å². The standard InChI is InChI=1S/C9H20N2S/c1-5-10-9(12)11-6-8(4)7(2)3/h7-8H,5-6H2,1-4H3,(H2,10,11,12). The number of rotatable bonds is 4. The maximum atomic E-state index is 5.04. The average Bonchev–Trinajstić information content (AvgIpc) is 2.00. The fourth-order valence-corrected chi connectivity index (χ4v) is 0.940. The van der Waals surface area contributed by atoms with E-state index in [1.807, 2.05) is 6.92 Å². The lowest BCUT2D eigenvalue weighted by Crippen LogP contribution is -2.38. The van der Waals surface area contributed by atoms with Gasteiger partial charge in [0.2, 0.25) is 0 Å². The SMILES string of the molecule is CCNC(=S)NCC(C)C(C)C. The first-order chi connectivity index (χ1) is 5.57. The van der Waals surface area contributed by atoms with Crippen molar-refractivity contribution in [1.29, 1.82) is 0 Å². The predicted octanol–water partition coefficient (Wildman–Crippen LogP) is 1.76. The lowest BCUT2D eigenvalue weighted by molar-refractivity contribution is 0.415. The summed E-state index contributed by atoms with van der Waals surface area (Å²) in [5.41, 5.74) is 0. The van der Waals surface area contributed by atoms with Crippen LogP contribution in [0.4, 0.5) is 0 Å². The van der Waals surface area contributed by atoms with Gasteiger partial charge in [0, 0.05) is 13.1 Å². The summed E-state index contributed by atoms with van der Waals surface area (Å²) < 4.78 is 0. The summed E-state index contributed by atoms with van der Waals surface area (Å²) in [6.45, 7) is 10.6. The average molecular weight is 188 g/mol. The first kappa shape index (κ1) is 11.7. The van der Waals surface area contributed by atoms with Crippen molar-refractivity contribution >= 4 is 17.3 Å². The zero-order valence-corrected chi connectivity index (χ0v) is 9.29. The Kier molecular flexibility index (Phi) is 6.07. The van der Waals surface area contributed by atoms with E-state index in [9.17, 15) is 0 Å². The van der Waals surface area contributed by atoms with E-state index in [2.05, 4.69) is 31.4 Å². The molecular formula is C9H20N2S. The van der Waals surface area contributed by atoms with Gasteiger partial charge in [0.15, 0.2) is 5.11 Å². The molecule has 2 nitrogen and oxygen atoms in total. The minimum atomic E-state index is 0.668. The van der Waals surface area contributed by atoms with Crippen LogP contribution >= 0.6 is 12.2 Å². The highest BCUT2D eigenvalue weighted by atomic mass is 32.1. The smallest absolute Gasteiger partial charge is 0.166 e. The second kappa shape index (κ2) is 6.23. The third-order valence-corrected chi connectivity index (χ3v) is 2.35. The molecule has 0 spiro atoms. The van der Waals surface area contributed by atoms with Gasteiger partial charge in [0.1, 0.15) is 0 Å². The molecule has 0 radical (unpaired) electrons. The van der Waals surface area contributed by atoms with Gasteiger partial charge in [0.25, 0.3) is 0 Å². The van der Waals surface area contributed by atoms with Gasteiger partial charge in [-0.1, -0.05) is 20.8 Å². The molecule has 3 heteroatoms. The maximum absolute atomic E-state index is 5.04. The van der Waals surface area contributed by atoms with Crippen LogP contribution in [-0.4, -0.2) is 18.2 Å². The minimum absolute atomic E-state index is 0.668. The van der Waals surface area contributed by atoms with Crippen molar-refractivity contribution in [2.45, 2.75) is 27.7 Å². The van der Waals surface area contributed by atoms with Crippen molar-refractivity contribution in [1.82, 2.24) is 10.6 Å². The van der Waals surface area contributed by atoms with Crippen LogP contribution in [0.2, 0.25) is 0 Å². The van der Waals surface area contributed by atoms with Gasteiger partial charge in [0.05, 0.1) is 0 Å². The Bertz CT molecular complexity index is 134. The molecule has 0 bridgehead atoms. The fraction of sp³-hybridized carbons (Fsp3) is 0.889. The Labute approximate surface area is 81.1 Å². The van der Waals surface area contributed by atoms with Crippen molar-refractivity contribution in [3.8, 4) is 0 Å². The van der Waals surface area contributed by atoms with Gasteiger partial charge >= 0.3 is 0 Å². The molecule has 0 aliphatic heterocycles. The third-order valence-electron chi connectivity index (χ3n) is 2.06. The molecular weight excluding hydrogens is 168 g/mol. The molecule has 2 N–H and O–H groups in total. The Hall–Kier alpha value is -0.310. The highest BCUT2D eigenvalue weighted by Gasteiger charge is 2.06. The van der Waals surface area contributed by atoms with E-state index < -0.39 is 0 Å². The molecule has 0 aromatic heterocycles. The second-order valence-corrected chi connectivity index (χ2v) is 3.87. The molecule has 1 atom stereocenters. The number of hydrogen-bond donors (Lipinski definition) is 2. The van der Waals surface area contributed by atoms with Crippen molar-refractivity contribution in [2.24, 2.45) is 11.8 Å². The first-order valence-corrected chi connectivity index (χ1v) is 5.00. The second-order valence-electron chi connectivity index (χ2n) is 3.46. The number of thiocarbonyl (C=S) groups is 1. The van der Waals surface area contributed by atoms with Crippen LogP contribution in [0.15, 0.2) is 0 Å². The van der Waals surface area contributed by atoms with Crippen LogP contribution in [0.25, 0.3) is 0 Å². The van der Waals surface area contributed by atoms with Crippen LogP contribution in [0.5, 0.6) is 0 Å². The molecule has 0 amide bonds. The maximum Gasteiger partial charge on any atom is 0.166 e. The Morgan fingerprint density at radius 1 is 1.25 bits per heavy atom. The molecule has 0 aliphatic rings. The molecule has 12 heavy (non-hydrogen) atoms. The Morgan fingerprint density at radius 2 is 1.83 bits per heavy atom. The zero-order valence-electron chi connectivity index (χ0n) is 8.48. The predicted molar refractivity (Wildman–Crippen MR) is 58.3 cm³/mol. The summed E-state index contributed by atoms with van der Waals surface area (Å²) in [5.74, 6) is 1.38. The Balaban J connectivity index is 3.47. The van der Waals surface area contributed by atoms with Crippen LogP contribution in [-0.2, 0) is 0 Å². The molecule has 1 unspecified atom stereocenters. The van der Waals surface area contributed by atoms with E-state index >= 15 is 0 Å². The quantitative estimate of drug-likeness (QED) is 0.657. The van der Waals surface area contributed by atoms with E-state index in [1.165, 1.54) is 0 Å². The van der Waals surface area contributed by atoms with Gasteiger partial charge in [-0.2, -0.15) is 0 Å². The van der Waals surface area contributed by atoms with Gasteiger partial charge in [-0.3, -0.25) is 0 Å². The van der Waals surface area contributed by atoms with E-state index in [1.54, 1.807) is 0 Å². The third kappa shape index (κ3) is 5.35. The van der Waals surface area contributed by atoms with Crippen molar-refractivity contribution < 1.29 is 0 Å². The minimum Gasteiger partial charge on any atom is -0.363 e. The summed E-state index contributed by atoms with van der Waals surface area (Å²) >= 11 is 5.04. The molecule has 0 saturated carbocycles. The molecule has 0 aromatic rings. The lowest BCUT2D eigenvalue weighted by atomic mass is 9.98. The molecule has 0 fully saturated rings. The molecule has 0 saturated heterocycles. The summed E-state index contributed by atoms with van der Waals surface area (Å²) in [5, 5.41) is 7.01. The monoisotopic (exact) mass is 188 g/mol. The molecule has 0 rings (SSSR count). The topological polar surface area (TPSA) is 24.1 Å². The van der Waals surface area contributed by atoms with E-state index in [0.717, 1.165) is 18.2 Å². The molecule has 72 valence electrons. The number of nitrogens with one attached hydrogen (secondary N) is 2. The largest absolute Gasteiger partial charge is 0.363 e. The van der Waals surface area contributed by atoms with E-state index in [0.29, 0.717) is 11.8 Å². The van der Waals surface area contributed by atoms with Crippen LogP contribution in [0.1, 0.15) is 27.7 Å². The zero-order chi connectivity index (χ0) is 9.56. The lowest BCUT2D eigenvalue weighted by Gasteiger charge is -2.17. The van der Waals surface area contributed by atoms with Crippen molar-refractivity contribution in [3.05, 3.63) is 0 Å². The fourth-order valence-electron chi connectivity index (χ4n) is 0.712. The summed E-state index contributed by atoms with van der Waals surface area (Å²) in [6.07, 6.45) is 0. The first-order valence-electron chi connectivity index (χ1n) is 4.59. The summed E-state index contributed by atoms with van der Waals surface area (Å²) in [7, 11) is 0. The molecule has 0 aliphatic carbocycles. The van der Waals surface area contributed by atoms with E-state index in [-0.39, 0.29) is 0 Å².